The highest BCUT2D eigenvalue weighted by Crippen LogP contribution is 2.36. The monoisotopic (exact) mass is 396 g/mol. The number of hydrogen-bond acceptors (Lipinski definition) is 4. The quantitative estimate of drug-likeness (QED) is 0.803. The zero-order chi connectivity index (χ0) is 20.3. The second kappa shape index (κ2) is 8.74. The van der Waals surface area contributed by atoms with Crippen LogP contribution in [-0.4, -0.2) is 72.7 Å². The van der Waals surface area contributed by atoms with Gasteiger partial charge in [0, 0.05) is 44.6 Å². The van der Waals surface area contributed by atoms with Crippen LogP contribution in [0.25, 0.3) is 0 Å². The predicted octanol–water partition coefficient (Wildman–Crippen LogP) is 2.89. The summed E-state index contributed by atoms with van der Waals surface area (Å²) in [5.74, 6) is -1.65. The fourth-order valence-electron chi connectivity index (χ4n) is 4.50. The van der Waals surface area contributed by atoms with Crippen molar-refractivity contribution in [3.05, 3.63) is 29.8 Å². The van der Waals surface area contributed by atoms with Crippen LogP contribution in [0.1, 0.15) is 36.5 Å². The summed E-state index contributed by atoms with van der Waals surface area (Å²) in [7, 11) is 1.58. The third-order valence-corrected chi connectivity index (χ3v) is 6.30. The van der Waals surface area contributed by atoms with Crippen molar-refractivity contribution in [2.24, 2.45) is 11.8 Å². The first-order valence-corrected chi connectivity index (χ1v) is 10.0. The summed E-state index contributed by atoms with van der Waals surface area (Å²) in [6.45, 7) is 3.92. The largest absolute Gasteiger partial charge is 0.497 e. The second-order valence-corrected chi connectivity index (χ2v) is 7.92. The number of rotatable bonds is 6. The van der Waals surface area contributed by atoms with Crippen molar-refractivity contribution >= 4 is 5.91 Å². The lowest BCUT2D eigenvalue weighted by molar-refractivity contribution is -0.0591. The summed E-state index contributed by atoms with van der Waals surface area (Å²) < 4.78 is 32.1. The van der Waals surface area contributed by atoms with E-state index < -0.39 is 5.92 Å². The number of aliphatic hydroxyl groups is 1. The summed E-state index contributed by atoms with van der Waals surface area (Å²) in [6, 6.07) is 6.68. The van der Waals surface area contributed by atoms with Gasteiger partial charge in [-0.1, -0.05) is 13.3 Å². The summed E-state index contributed by atoms with van der Waals surface area (Å²) in [4.78, 5) is 16.9. The standard InChI is InChI=1S/C21H30F2N2O3/c1-3-15-12-25(20(27)16-4-6-17(28-2)7-5-16)19(14-26)18(15)13-24-10-8-21(22,23)9-11-24/h4-7,15,18-19,26H,3,8-14H2,1-2H3/t15-,18-,19-/m1/s1. The van der Waals surface area contributed by atoms with E-state index in [1.807, 2.05) is 0 Å². The molecule has 2 fully saturated rings. The van der Waals surface area contributed by atoms with Crippen LogP contribution >= 0.6 is 0 Å². The number of carbonyl (C=O) groups is 1. The van der Waals surface area contributed by atoms with Gasteiger partial charge in [0.25, 0.3) is 11.8 Å². The Morgan fingerprint density at radius 2 is 1.89 bits per heavy atom. The Labute approximate surface area is 165 Å². The lowest BCUT2D eigenvalue weighted by atomic mass is 9.87. The normalized spacial score (nSPS) is 27.8. The van der Waals surface area contributed by atoms with Gasteiger partial charge in [-0.05, 0) is 36.1 Å². The highest BCUT2D eigenvalue weighted by Gasteiger charge is 2.44. The van der Waals surface area contributed by atoms with Crippen molar-refractivity contribution < 1.29 is 23.4 Å². The molecule has 7 heteroatoms. The fourth-order valence-corrected chi connectivity index (χ4v) is 4.50. The topological polar surface area (TPSA) is 53.0 Å². The van der Waals surface area contributed by atoms with E-state index in [9.17, 15) is 18.7 Å². The molecule has 156 valence electrons. The molecule has 0 unspecified atom stereocenters. The van der Waals surface area contributed by atoms with Gasteiger partial charge in [0.1, 0.15) is 5.75 Å². The Balaban J connectivity index is 1.72. The van der Waals surface area contributed by atoms with Crippen molar-refractivity contribution in [2.45, 2.75) is 38.2 Å². The van der Waals surface area contributed by atoms with E-state index in [-0.39, 0.29) is 43.2 Å². The molecular weight excluding hydrogens is 366 g/mol. The van der Waals surface area contributed by atoms with E-state index >= 15 is 0 Å². The highest BCUT2D eigenvalue weighted by molar-refractivity contribution is 5.94. The van der Waals surface area contributed by atoms with Gasteiger partial charge in [0.2, 0.25) is 0 Å². The van der Waals surface area contributed by atoms with Crippen LogP contribution in [0.2, 0.25) is 0 Å². The molecule has 2 aliphatic rings. The maximum absolute atomic E-state index is 13.5. The van der Waals surface area contributed by atoms with Crippen molar-refractivity contribution in [3.8, 4) is 5.75 Å². The number of aliphatic hydroxyl groups excluding tert-OH is 1. The smallest absolute Gasteiger partial charge is 0.254 e. The summed E-state index contributed by atoms with van der Waals surface area (Å²) >= 11 is 0. The highest BCUT2D eigenvalue weighted by atomic mass is 19.3. The molecule has 1 N–H and O–H groups in total. The molecular formula is C21H30F2N2O3. The van der Waals surface area contributed by atoms with Crippen molar-refractivity contribution in [2.75, 3.05) is 39.9 Å². The van der Waals surface area contributed by atoms with Gasteiger partial charge in [0.05, 0.1) is 19.8 Å². The van der Waals surface area contributed by atoms with Gasteiger partial charge in [0.15, 0.2) is 0 Å². The first kappa shape index (κ1) is 21.0. The number of halogens is 2. The first-order valence-electron chi connectivity index (χ1n) is 10.0. The van der Waals surface area contributed by atoms with Gasteiger partial charge in [-0.2, -0.15) is 0 Å². The number of carbonyl (C=O) groups excluding carboxylic acids is 1. The molecule has 0 bridgehead atoms. The van der Waals surface area contributed by atoms with Crippen LogP contribution < -0.4 is 4.74 Å². The number of hydrogen-bond donors (Lipinski definition) is 1. The van der Waals surface area contributed by atoms with E-state index in [4.69, 9.17) is 4.74 Å². The molecule has 3 rings (SSSR count). The number of benzene rings is 1. The van der Waals surface area contributed by atoms with Crippen LogP contribution in [0.3, 0.4) is 0 Å². The van der Waals surface area contributed by atoms with Crippen LogP contribution in [-0.2, 0) is 0 Å². The number of likely N-dealkylation sites (tertiary alicyclic amines) is 2. The predicted molar refractivity (Wildman–Crippen MR) is 103 cm³/mol. The third kappa shape index (κ3) is 4.46. The minimum atomic E-state index is -2.57. The molecule has 2 aliphatic heterocycles. The number of nitrogens with zero attached hydrogens (tertiary/aromatic N) is 2. The first-order chi connectivity index (χ1) is 13.4. The maximum Gasteiger partial charge on any atom is 0.254 e. The molecule has 2 heterocycles. The van der Waals surface area contributed by atoms with Crippen molar-refractivity contribution in [1.29, 1.82) is 0 Å². The zero-order valence-electron chi connectivity index (χ0n) is 16.6. The number of methoxy groups -OCH3 is 1. The van der Waals surface area contributed by atoms with E-state index in [2.05, 4.69) is 11.8 Å². The van der Waals surface area contributed by atoms with Crippen LogP contribution in [0, 0.1) is 11.8 Å². The fraction of sp³-hybridized carbons (Fsp3) is 0.667. The minimum absolute atomic E-state index is 0.0870. The number of amides is 1. The molecule has 5 nitrogen and oxygen atoms in total. The second-order valence-electron chi connectivity index (χ2n) is 7.92. The lowest BCUT2D eigenvalue weighted by Crippen LogP contribution is -2.46. The Bertz CT molecular complexity index is 658. The molecule has 3 atom stereocenters. The van der Waals surface area contributed by atoms with Gasteiger partial charge in [-0.15, -0.1) is 0 Å². The Morgan fingerprint density at radius 1 is 1.25 bits per heavy atom. The number of piperidine rings is 1. The molecule has 0 spiro atoms. The van der Waals surface area contributed by atoms with Gasteiger partial charge >= 0.3 is 0 Å². The molecule has 28 heavy (non-hydrogen) atoms. The molecule has 2 saturated heterocycles. The molecule has 0 saturated carbocycles. The lowest BCUT2D eigenvalue weighted by Gasteiger charge is -2.36. The van der Waals surface area contributed by atoms with Crippen molar-refractivity contribution in [3.63, 3.8) is 0 Å². The van der Waals surface area contributed by atoms with Gasteiger partial charge < -0.3 is 19.6 Å². The van der Waals surface area contributed by atoms with Crippen molar-refractivity contribution in [1.82, 2.24) is 9.80 Å². The minimum Gasteiger partial charge on any atom is -0.497 e. The summed E-state index contributed by atoms with van der Waals surface area (Å²) in [5.41, 5.74) is 0.562. The van der Waals surface area contributed by atoms with E-state index in [0.717, 1.165) is 6.42 Å². The third-order valence-electron chi connectivity index (χ3n) is 6.30. The molecule has 1 aromatic rings. The van der Waals surface area contributed by atoms with Crippen LogP contribution in [0.4, 0.5) is 8.78 Å². The summed E-state index contributed by atoms with van der Waals surface area (Å²) in [6.07, 6.45) is 0.654. The number of alkyl halides is 2. The molecule has 1 aromatic carbocycles. The number of ether oxygens (including phenoxy) is 1. The van der Waals surface area contributed by atoms with Crippen LogP contribution in [0.5, 0.6) is 5.75 Å². The van der Waals surface area contributed by atoms with Crippen LogP contribution in [0.15, 0.2) is 24.3 Å². The Kier molecular flexibility index (Phi) is 6.55. The zero-order valence-corrected chi connectivity index (χ0v) is 16.6. The SMILES string of the molecule is CC[C@@H]1CN(C(=O)c2ccc(OC)cc2)[C@H](CO)[C@@H]1CN1CCC(F)(F)CC1. The Hall–Kier alpha value is -1.73. The van der Waals surface area contributed by atoms with Gasteiger partial charge in [-0.25, -0.2) is 8.78 Å². The van der Waals surface area contributed by atoms with E-state index in [1.165, 1.54) is 0 Å². The van der Waals surface area contributed by atoms with Gasteiger partial charge in [-0.3, -0.25) is 4.79 Å². The average Bonchev–Trinajstić information content (AvgIpc) is 3.06. The maximum atomic E-state index is 13.5. The molecule has 1 amide bonds. The molecule has 0 radical (unpaired) electrons. The van der Waals surface area contributed by atoms with E-state index in [1.54, 1.807) is 36.3 Å². The Morgan fingerprint density at radius 3 is 2.43 bits per heavy atom. The molecule has 0 aliphatic carbocycles. The summed E-state index contributed by atoms with van der Waals surface area (Å²) in [5, 5.41) is 10.1. The molecule has 0 aromatic heterocycles. The average molecular weight is 396 g/mol. The van der Waals surface area contributed by atoms with E-state index in [0.29, 0.717) is 37.5 Å².